The van der Waals surface area contributed by atoms with Gasteiger partial charge < -0.3 is 19.3 Å². The molecule has 0 aliphatic carbocycles. The van der Waals surface area contributed by atoms with Crippen LogP contribution in [0.15, 0.2) is 66.2 Å². The van der Waals surface area contributed by atoms with Crippen molar-refractivity contribution in [2.24, 2.45) is 0 Å². The molecule has 0 radical (unpaired) electrons. The van der Waals surface area contributed by atoms with Crippen molar-refractivity contribution in [3.8, 4) is 17.2 Å². The molecule has 40 heavy (non-hydrogen) atoms. The molecule has 0 saturated carbocycles. The molecule has 210 valence electrons. The van der Waals surface area contributed by atoms with Crippen LogP contribution in [0.5, 0.6) is 17.2 Å². The largest absolute Gasteiger partial charge is 0.507 e. The monoisotopic (exact) mass is 543 g/mol. The van der Waals surface area contributed by atoms with E-state index in [1.807, 2.05) is 71.9 Å². The number of Topliss-reactive ketones (excluding diaryl/α,β-unsaturated/α-hetero) is 1. The molecular formula is C33H37NO6. The van der Waals surface area contributed by atoms with Gasteiger partial charge in [0.05, 0.1) is 31.9 Å². The number of ether oxygens (including phenoxy) is 3. The van der Waals surface area contributed by atoms with Crippen molar-refractivity contribution in [3.63, 3.8) is 0 Å². The van der Waals surface area contributed by atoms with Crippen LogP contribution in [0.1, 0.15) is 62.9 Å². The van der Waals surface area contributed by atoms with Crippen molar-refractivity contribution in [2.45, 2.75) is 53.0 Å². The first-order chi connectivity index (χ1) is 19.0. The van der Waals surface area contributed by atoms with Gasteiger partial charge in [0.1, 0.15) is 11.5 Å². The van der Waals surface area contributed by atoms with Crippen LogP contribution in [0, 0.1) is 6.92 Å². The summed E-state index contributed by atoms with van der Waals surface area (Å²) in [5.41, 5.74) is 3.16. The van der Waals surface area contributed by atoms with Gasteiger partial charge in [-0.2, -0.15) is 0 Å². The number of aryl methyl sites for hydroxylation is 1. The molecule has 0 spiro atoms. The highest BCUT2D eigenvalue weighted by Crippen LogP contribution is 2.45. The fourth-order valence-corrected chi connectivity index (χ4v) is 5.04. The van der Waals surface area contributed by atoms with E-state index in [0.29, 0.717) is 47.3 Å². The number of carbonyl (C=O) groups is 2. The van der Waals surface area contributed by atoms with E-state index in [9.17, 15) is 14.7 Å². The highest BCUT2D eigenvalue weighted by atomic mass is 16.5. The number of rotatable bonds is 8. The van der Waals surface area contributed by atoms with E-state index in [2.05, 4.69) is 0 Å². The summed E-state index contributed by atoms with van der Waals surface area (Å²) >= 11 is 0. The molecule has 1 atom stereocenters. The Labute approximate surface area is 236 Å². The Morgan fingerprint density at radius 1 is 0.900 bits per heavy atom. The van der Waals surface area contributed by atoms with Crippen LogP contribution in [0.3, 0.4) is 0 Å². The number of amides is 1. The molecular weight excluding hydrogens is 506 g/mol. The molecule has 1 unspecified atom stereocenters. The molecule has 4 rings (SSSR count). The van der Waals surface area contributed by atoms with Gasteiger partial charge in [-0.05, 0) is 62.1 Å². The summed E-state index contributed by atoms with van der Waals surface area (Å²) in [6.45, 7) is 12.7. The second-order valence-electron chi connectivity index (χ2n) is 10.7. The van der Waals surface area contributed by atoms with E-state index in [0.717, 1.165) is 11.1 Å². The Morgan fingerprint density at radius 3 is 2.20 bits per heavy atom. The van der Waals surface area contributed by atoms with Gasteiger partial charge in [-0.1, -0.05) is 50.6 Å². The summed E-state index contributed by atoms with van der Waals surface area (Å²) in [5.74, 6) is -0.0382. The molecule has 1 N–H and O–H groups in total. The van der Waals surface area contributed by atoms with Crippen LogP contribution in [-0.4, -0.2) is 37.1 Å². The maximum atomic E-state index is 13.7. The number of nitrogens with zero attached hydrogens (tertiary/aromatic N) is 1. The molecule has 0 aromatic heterocycles. The lowest BCUT2D eigenvalue weighted by Gasteiger charge is -2.27. The predicted octanol–water partition coefficient (Wildman–Crippen LogP) is 6.72. The van der Waals surface area contributed by atoms with Crippen LogP contribution in [0.2, 0.25) is 0 Å². The third kappa shape index (κ3) is 5.41. The summed E-state index contributed by atoms with van der Waals surface area (Å²) in [6, 6.07) is 17.2. The molecule has 3 aromatic rings. The van der Waals surface area contributed by atoms with Gasteiger partial charge in [-0.25, -0.2) is 0 Å². The lowest BCUT2D eigenvalue weighted by atomic mass is 9.84. The van der Waals surface area contributed by atoms with Gasteiger partial charge in [-0.15, -0.1) is 0 Å². The van der Waals surface area contributed by atoms with Gasteiger partial charge in [0.2, 0.25) is 0 Å². The van der Waals surface area contributed by atoms with E-state index in [4.69, 9.17) is 14.2 Å². The van der Waals surface area contributed by atoms with Crippen molar-refractivity contribution in [3.05, 3.63) is 88.5 Å². The fourth-order valence-electron chi connectivity index (χ4n) is 5.04. The molecule has 3 aromatic carbocycles. The molecule has 7 heteroatoms. The summed E-state index contributed by atoms with van der Waals surface area (Å²) in [7, 11) is 1.60. The van der Waals surface area contributed by atoms with E-state index in [1.54, 1.807) is 37.4 Å². The normalized spacial score (nSPS) is 16.8. The van der Waals surface area contributed by atoms with Gasteiger partial charge >= 0.3 is 0 Å². The average Bonchev–Trinajstić information content (AvgIpc) is 3.18. The third-order valence-corrected chi connectivity index (χ3v) is 6.89. The zero-order valence-electron chi connectivity index (χ0n) is 24.2. The second-order valence-corrected chi connectivity index (χ2v) is 10.7. The van der Waals surface area contributed by atoms with Crippen molar-refractivity contribution >= 4 is 23.1 Å². The fraction of sp³-hybridized carbons (Fsp3) is 0.333. The molecule has 1 aliphatic heterocycles. The first kappa shape index (κ1) is 28.7. The van der Waals surface area contributed by atoms with E-state index >= 15 is 0 Å². The van der Waals surface area contributed by atoms with Crippen LogP contribution >= 0.6 is 0 Å². The lowest BCUT2D eigenvalue weighted by molar-refractivity contribution is -0.132. The minimum atomic E-state index is -0.854. The number of anilines is 1. The van der Waals surface area contributed by atoms with Crippen molar-refractivity contribution < 1.29 is 28.9 Å². The quantitative estimate of drug-likeness (QED) is 0.193. The number of hydrogen-bond donors (Lipinski definition) is 1. The number of methoxy groups -OCH3 is 1. The summed E-state index contributed by atoms with van der Waals surface area (Å²) in [5, 5.41) is 11.7. The van der Waals surface area contributed by atoms with E-state index in [1.165, 1.54) is 4.90 Å². The highest BCUT2D eigenvalue weighted by Gasteiger charge is 2.47. The number of aliphatic hydroxyl groups is 1. The Balaban J connectivity index is 1.95. The summed E-state index contributed by atoms with van der Waals surface area (Å²) in [6.07, 6.45) is 0. The summed E-state index contributed by atoms with van der Waals surface area (Å²) < 4.78 is 17.1. The molecule has 1 amide bonds. The first-order valence-corrected chi connectivity index (χ1v) is 13.5. The highest BCUT2D eigenvalue weighted by molar-refractivity contribution is 6.51. The maximum absolute atomic E-state index is 13.7. The average molecular weight is 544 g/mol. The SMILES string of the molecule is CCOc1ccc(N2C(=O)C(=O)/C(=C(\O)c3ccc(OC)c(C(C)(C)C)c3)C2c2cccc(C)c2)cc1OCC. The molecule has 7 nitrogen and oxygen atoms in total. The van der Waals surface area contributed by atoms with Gasteiger partial charge in [0, 0.05) is 22.9 Å². The number of aliphatic hydroxyl groups excluding tert-OH is 1. The minimum absolute atomic E-state index is 0.0208. The lowest BCUT2D eigenvalue weighted by Crippen LogP contribution is -2.29. The number of hydrogen-bond acceptors (Lipinski definition) is 6. The van der Waals surface area contributed by atoms with E-state index in [-0.39, 0.29) is 16.7 Å². The maximum Gasteiger partial charge on any atom is 0.300 e. The Morgan fingerprint density at radius 2 is 1.57 bits per heavy atom. The zero-order chi connectivity index (χ0) is 29.2. The van der Waals surface area contributed by atoms with Crippen LogP contribution < -0.4 is 19.1 Å². The van der Waals surface area contributed by atoms with Gasteiger partial charge in [0.25, 0.3) is 11.7 Å². The van der Waals surface area contributed by atoms with Crippen molar-refractivity contribution in [1.82, 2.24) is 0 Å². The third-order valence-electron chi connectivity index (χ3n) is 6.89. The zero-order valence-corrected chi connectivity index (χ0v) is 24.2. The topological polar surface area (TPSA) is 85.3 Å². The molecule has 1 fully saturated rings. The van der Waals surface area contributed by atoms with Crippen molar-refractivity contribution in [2.75, 3.05) is 25.2 Å². The molecule has 1 saturated heterocycles. The Hall–Kier alpha value is -4.26. The van der Waals surface area contributed by atoms with Gasteiger partial charge in [0.15, 0.2) is 11.5 Å². The second kappa shape index (κ2) is 11.5. The number of ketones is 1. The van der Waals surface area contributed by atoms with E-state index < -0.39 is 17.7 Å². The van der Waals surface area contributed by atoms with Crippen LogP contribution in [0.25, 0.3) is 5.76 Å². The standard InChI is InChI=1S/C33H37NO6/c1-8-39-26-16-14-23(19-27(26)40-9-2)34-29(21-12-10-11-20(3)17-21)28(31(36)32(34)37)30(35)22-13-15-25(38-7)24(18-22)33(4,5)6/h10-19,29,35H,8-9H2,1-7H3/b30-28-. The van der Waals surface area contributed by atoms with Crippen LogP contribution in [-0.2, 0) is 15.0 Å². The first-order valence-electron chi connectivity index (χ1n) is 13.5. The summed E-state index contributed by atoms with van der Waals surface area (Å²) in [4.78, 5) is 28.8. The van der Waals surface area contributed by atoms with Crippen LogP contribution in [0.4, 0.5) is 5.69 Å². The Kier molecular flexibility index (Phi) is 8.24. The van der Waals surface area contributed by atoms with Gasteiger partial charge in [-0.3, -0.25) is 14.5 Å². The predicted molar refractivity (Wildman–Crippen MR) is 156 cm³/mol. The Bertz CT molecular complexity index is 1470. The molecule has 1 aliphatic rings. The number of carbonyl (C=O) groups excluding carboxylic acids is 2. The molecule has 0 bridgehead atoms. The number of benzene rings is 3. The molecule has 1 heterocycles. The van der Waals surface area contributed by atoms with Crippen molar-refractivity contribution in [1.29, 1.82) is 0 Å². The smallest absolute Gasteiger partial charge is 0.300 e. The minimum Gasteiger partial charge on any atom is -0.507 e.